The van der Waals surface area contributed by atoms with Gasteiger partial charge in [-0.2, -0.15) is 0 Å². The quantitative estimate of drug-likeness (QED) is 0.780. The maximum atomic E-state index is 12.3. The molecule has 0 radical (unpaired) electrons. The molecule has 0 spiro atoms. The summed E-state index contributed by atoms with van der Waals surface area (Å²) in [7, 11) is -2.47. The lowest BCUT2D eigenvalue weighted by Gasteiger charge is -2.09. The lowest BCUT2D eigenvalue weighted by molar-refractivity contribution is 0.0697. The van der Waals surface area contributed by atoms with E-state index in [4.69, 9.17) is 9.84 Å². The van der Waals surface area contributed by atoms with Crippen LogP contribution < -0.4 is 9.46 Å². The first-order chi connectivity index (χ1) is 9.85. The minimum Gasteiger partial charge on any atom is -0.497 e. The first-order valence-corrected chi connectivity index (χ1v) is 7.41. The molecule has 0 aliphatic heterocycles. The molecule has 0 unspecified atom stereocenters. The number of carbonyl (C=O) groups is 1. The topological polar surface area (TPSA) is 108 Å². The summed E-state index contributed by atoms with van der Waals surface area (Å²) in [5.41, 5.74) is 0.245. The summed E-state index contributed by atoms with van der Waals surface area (Å²) in [4.78, 5) is 13.8. The first kappa shape index (κ1) is 14.9. The van der Waals surface area contributed by atoms with Crippen LogP contribution in [0.5, 0.6) is 5.75 Å². The summed E-state index contributed by atoms with van der Waals surface area (Å²) >= 11 is 0. The Kier molecular flexibility index (Phi) is 3.90. The number of aromatic carboxylic acids is 1. The third-order valence-electron chi connectivity index (χ3n) is 2.89. The monoisotopic (exact) mass is 310 g/mol. The molecule has 0 fully saturated rings. The number of methoxy groups -OCH3 is 1. The van der Waals surface area contributed by atoms with Crippen molar-refractivity contribution in [2.45, 2.75) is 11.8 Å². The van der Waals surface area contributed by atoms with E-state index >= 15 is 0 Å². The third kappa shape index (κ3) is 3.00. The molecule has 0 aliphatic rings. The number of anilines is 1. The molecule has 0 saturated heterocycles. The van der Waals surface area contributed by atoms with Gasteiger partial charge in [-0.1, -0.05) is 6.07 Å². The van der Waals surface area contributed by atoms with Crippen molar-refractivity contribution in [3.8, 4) is 5.75 Å². The van der Waals surface area contributed by atoms with Gasteiger partial charge in [-0.25, -0.2) is 13.2 Å². The van der Waals surface area contributed by atoms with E-state index in [2.05, 4.69) is 9.71 Å². The van der Waals surface area contributed by atoms with Crippen LogP contribution in [0.3, 0.4) is 0 Å². The molecule has 1 aromatic heterocycles. The fourth-order valence-corrected chi connectivity index (χ4v) is 2.95. The van der Waals surface area contributed by atoms with Crippen molar-refractivity contribution in [1.29, 1.82) is 0 Å². The summed E-state index contributed by atoms with van der Waals surface area (Å²) in [6.07, 6.45) is 1.30. The Morgan fingerprint density at radius 2 is 2.10 bits per heavy atom. The molecule has 0 atom stereocenters. The maximum Gasteiger partial charge on any atom is 0.339 e. The number of aryl methyl sites for hydroxylation is 1. The lowest BCUT2D eigenvalue weighted by Crippen LogP contribution is -2.15. The van der Waals surface area contributed by atoms with Crippen molar-refractivity contribution < 1.29 is 23.1 Å². The first-order valence-electron chi connectivity index (χ1n) is 5.93. The molecule has 7 nitrogen and oxygen atoms in total. The average molecular weight is 310 g/mol. The average Bonchev–Trinajstić information content (AvgIpc) is 2.79. The van der Waals surface area contributed by atoms with Crippen LogP contribution >= 0.6 is 0 Å². The summed E-state index contributed by atoms with van der Waals surface area (Å²) < 4.78 is 31.8. The number of hydrogen-bond acceptors (Lipinski definition) is 4. The van der Waals surface area contributed by atoms with Crippen LogP contribution in [0, 0.1) is 6.92 Å². The molecule has 0 aliphatic carbocycles. The van der Waals surface area contributed by atoms with E-state index in [1.54, 1.807) is 13.0 Å². The van der Waals surface area contributed by atoms with Crippen molar-refractivity contribution in [2.75, 3.05) is 11.8 Å². The van der Waals surface area contributed by atoms with Crippen molar-refractivity contribution in [3.05, 3.63) is 41.7 Å². The number of aromatic nitrogens is 1. The fourth-order valence-electron chi connectivity index (χ4n) is 1.85. The highest BCUT2D eigenvalue weighted by Crippen LogP contribution is 2.24. The molecule has 0 bridgehead atoms. The molecular weight excluding hydrogens is 296 g/mol. The minimum atomic E-state index is -3.90. The molecule has 112 valence electrons. The van der Waals surface area contributed by atoms with Gasteiger partial charge in [0.05, 0.1) is 17.7 Å². The van der Waals surface area contributed by atoms with Gasteiger partial charge < -0.3 is 14.8 Å². The molecular formula is C13H14N2O5S. The number of benzene rings is 1. The molecule has 0 amide bonds. The number of nitrogens with one attached hydrogen (secondary N) is 2. The van der Waals surface area contributed by atoms with Crippen molar-refractivity contribution in [2.24, 2.45) is 0 Å². The van der Waals surface area contributed by atoms with Crippen LogP contribution in [0.4, 0.5) is 5.69 Å². The molecule has 3 N–H and O–H groups in total. The van der Waals surface area contributed by atoms with Crippen molar-refractivity contribution in [1.82, 2.24) is 4.98 Å². The molecule has 0 saturated carbocycles. The fraction of sp³-hybridized carbons (Fsp3) is 0.154. The van der Waals surface area contributed by atoms with Crippen LogP contribution in [0.2, 0.25) is 0 Å². The van der Waals surface area contributed by atoms with E-state index in [1.807, 2.05) is 0 Å². The minimum absolute atomic E-state index is 0.0113. The lowest BCUT2D eigenvalue weighted by atomic mass is 10.2. The highest BCUT2D eigenvalue weighted by atomic mass is 32.2. The summed E-state index contributed by atoms with van der Waals surface area (Å²) in [5, 5.41) is 9.11. The van der Waals surface area contributed by atoms with Gasteiger partial charge in [-0.05, 0) is 19.1 Å². The smallest absolute Gasteiger partial charge is 0.339 e. The Morgan fingerprint density at radius 3 is 2.71 bits per heavy atom. The SMILES string of the molecule is COc1cccc(S(=O)(=O)Nc2c[nH]c(C)c2C(=O)O)c1. The summed E-state index contributed by atoms with van der Waals surface area (Å²) in [6, 6.07) is 5.89. The number of rotatable bonds is 5. The van der Waals surface area contributed by atoms with Crippen LogP contribution in [-0.4, -0.2) is 31.6 Å². The molecule has 1 aromatic carbocycles. The van der Waals surface area contributed by atoms with Crippen LogP contribution in [0.15, 0.2) is 35.4 Å². The third-order valence-corrected chi connectivity index (χ3v) is 4.25. The van der Waals surface area contributed by atoms with Gasteiger partial charge in [0.1, 0.15) is 11.3 Å². The van der Waals surface area contributed by atoms with Gasteiger partial charge in [0.2, 0.25) is 0 Å². The maximum absolute atomic E-state index is 12.3. The highest BCUT2D eigenvalue weighted by Gasteiger charge is 2.21. The zero-order valence-corrected chi connectivity index (χ0v) is 12.2. The van der Waals surface area contributed by atoms with E-state index in [-0.39, 0.29) is 16.1 Å². The Balaban J connectivity index is 2.40. The van der Waals surface area contributed by atoms with Crippen LogP contribution in [0.1, 0.15) is 16.1 Å². The molecule has 2 rings (SSSR count). The number of sulfonamides is 1. The van der Waals surface area contributed by atoms with Gasteiger partial charge >= 0.3 is 5.97 Å². The van der Waals surface area contributed by atoms with E-state index in [9.17, 15) is 13.2 Å². The summed E-state index contributed by atoms with van der Waals surface area (Å²) in [6.45, 7) is 1.55. The molecule has 21 heavy (non-hydrogen) atoms. The largest absolute Gasteiger partial charge is 0.497 e. The van der Waals surface area contributed by atoms with Gasteiger partial charge in [0.25, 0.3) is 10.0 Å². The Morgan fingerprint density at radius 1 is 1.38 bits per heavy atom. The van der Waals surface area contributed by atoms with Crippen molar-refractivity contribution >= 4 is 21.7 Å². The van der Waals surface area contributed by atoms with E-state index < -0.39 is 16.0 Å². The zero-order valence-electron chi connectivity index (χ0n) is 11.4. The number of ether oxygens (including phenoxy) is 1. The number of hydrogen-bond donors (Lipinski definition) is 3. The second-order valence-electron chi connectivity index (χ2n) is 4.29. The highest BCUT2D eigenvalue weighted by molar-refractivity contribution is 7.92. The molecule has 8 heteroatoms. The number of aromatic amines is 1. The van der Waals surface area contributed by atoms with Crippen LogP contribution in [0.25, 0.3) is 0 Å². The normalized spacial score (nSPS) is 11.1. The van der Waals surface area contributed by atoms with Gasteiger partial charge in [0.15, 0.2) is 0 Å². The molecule has 2 aromatic rings. The number of H-pyrrole nitrogens is 1. The summed E-state index contributed by atoms with van der Waals surface area (Å²) in [5.74, 6) is -0.821. The standard InChI is InChI=1S/C13H14N2O5S/c1-8-12(13(16)17)11(7-14-8)15-21(18,19)10-5-3-4-9(6-10)20-2/h3-7,14-15H,1-2H3,(H,16,17). The van der Waals surface area contributed by atoms with Crippen LogP contribution in [-0.2, 0) is 10.0 Å². The van der Waals surface area contributed by atoms with Gasteiger partial charge in [0, 0.05) is 18.0 Å². The predicted molar refractivity (Wildman–Crippen MR) is 76.3 cm³/mol. The zero-order chi connectivity index (χ0) is 15.6. The van der Waals surface area contributed by atoms with E-state index in [0.29, 0.717) is 11.4 Å². The number of carboxylic acids is 1. The molecule has 1 heterocycles. The van der Waals surface area contributed by atoms with E-state index in [0.717, 1.165) is 0 Å². The van der Waals surface area contributed by atoms with Gasteiger partial charge in [-0.15, -0.1) is 0 Å². The second kappa shape index (κ2) is 5.49. The van der Waals surface area contributed by atoms with Gasteiger partial charge in [-0.3, -0.25) is 4.72 Å². The Labute approximate surface area is 121 Å². The van der Waals surface area contributed by atoms with Crippen molar-refractivity contribution in [3.63, 3.8) is 0 Å². The number of carboxylic acid groups (broad SMARTS) is 1. The Bertz CT molecular complexity index is 780. The second-order valence-corrected chi connectivity index (χ2v) is 5.97. The Hall–Kier alpha value is -2.48. The van der Waals surface area contributed by atoms with E-state index in [1.165, 1.54) is 31.5 Å². The predicted octanol–water partition coefficient (Wildman–Crippen LogP) is 1.83.